The second kappa shape index (κ2) is 18.1. The highest BCUT2D eigenvalue weighted by molar-refractivity contribution is 5.85. The Balaban J connectivity index is 0.859. The Morgan fingerprint density at radius 3 is 2.65 bits per heavy atom. The van der Waals surface area contributed by atoms with Gasteiger partial charge in [0.2, 0.25) is 0 Å². The van der Waals surface area contributed by atoms with Crippen LogP contribution in [0.2, 0.25) is 0 Å². The minimum atomic E-state index is -0.704. The van der Waals surface area contributed by atoms with Gasteiger partial charge in [-0.05, 0) is 168 Å². The number of ether oxygens (including phenoxy) is 1. The molecule has 3 aromatic rings. The number of furan rings is 1. The summed E-state index contributed by atoms with van der Waals surface area (Å²) in [4.78, 5) is 5.11. The number of aliphatic hydroxyl groups excluding tert-OH is 2. The number of nitrogens with one attached hydrogen (secondary N) is 1. The lowest BCUT2D eigenvalue weighted by atomic mass is 9.46. The average Bonchev–Trinajstić information content (AvgIpc) is 3.69. The molecular weight excluding hydrogens is 807 g/mol. The molecule has 15 atom stereocenters. The van der Waals surface area contributed by atoms with Crippen molar-refractivity contribution in [1.29, 1.82) is 0 Å². The van der Waals surface area contributed by atoms with E-state index in [1.54, 1.807) is 0 Å². The Bertz CT molecular complexity index is 2260. The number of aliphatic hydroxyl groups is 3. The van der Waals surface area contributed by atoms with Crippen molar-refractivity contribution in [3.8, 4) is 11.8 Å². The number of benzene rings is 2. The molecule has 7 aliphatic rings. The first kappa shape index (κ1) is 45.2. The maximum atomic E-state index is 11.4. The zero-order chi connectivity index (χ0) is 45.0. The van der Waals surface area contributed by atoms with E-state index in [4.69, 9.17) is 26.5 Å². The van der Waals surface area contributed by atoms with Gasteiger partial charge in [-0.25, -0.2) is 0 Å². The minimum absolute atomic E-state index is 0.0442. The Morgan fingerprint density at radius 2 is 1.82 bits per heavy atom. The van der Waals surface area contributed by atoms with Crippen molar-refractivity contribution in [2.24, 2.45) is 63.0 Å². The summed E-state index contributed by atoms with van der Waals surface area (Å²) in [6, 6.07) is 17.2. The number of hydrogen-bond acceptors (Lipinski definition) is 8. The monoisotopic (exact) mass is 884 g/mol. The molecule has 2 aliphatic heterocycles. The lowest BCUT2D eigenvalue weighted by molar-refractivity contribution is -0.0704. The van der Waals surface area contributed by atoms with Crippen molar-refractivity contribution in [2.75, 3.05) is 13.2 Å². The molecule has 6 N–H and O–H groups in total. The van der Waals surface area contributed by atoms with Crippen molar-refractivity contribution >= 4 is 16.7 Å². The number of hydrogen-bond donors (Lipinski definition) is 5. The molecular formula is C57H77N3O5. The van der Waals surface area contributed by atoms with Crippen LogP contribution in [-0.2, 0) is 11.2 Å². The number of nitrogens with two attached hydrogens (primary N) is 1. The molecule has 65 heavy (non-hydrogen) atoms. The third-order valence-electron chi connectivity index (χ3n) is 19.1. The summed E-state index contributed by atoms with van der Waals surface area (Å²) in [6.45, 7) is 10.7. The van der Waals surface area contributed by atoms with Gasteiger partial charge in [0.1, 0.15) is 0 Å². The summed E-state index contributed by atoms with van der Waals surface area (Å²) in [5.74, 6) is 11.4. The van der Waals surface area contributed by atoms with E-state index in [9.17, 15) is 15.3 Å². The van der Waals surface area contributed by atoms with Gasteiger partial charge in [-0.1, -0.05) is 73.5 Å². The molecule has 8 nitrogen and oxygen atoms in total. The van der Waals surface area contributed by atoms with E-state index >= 15 is 0 Å². The summed E-state index contributed by atoms with van der Waals surface area (Å²) in [5.41, 5.74) is 10.5. The fraction of sp³-hybridized carbons (Fsp3) is 0.667. The number of guanidine groups is 1. The van der Waals surface area contributed by atoms with Crippen molar-refractivity contribution < 1.29 is 24.5 Å². The SMILES string of the molecule is C=C1C[C@@]2(CC[C@H](CC[C@]3(O)CCC[C@H](O)C3)C2)[C@@H]2O[C@]2(C)CC[C@@H]2[C@@H]1C[C@]2(C)[C@H]1C[C@@H](CCCO)[C@H]([C@H]2CC#C[C@H](Cc3ccccc3)[C@@H](c3cccc4cocc34)CN=C(N)N2)C1. The summed E-state index contributed by atoms with van der Waals surface area (Å²) in [5, 5.41) is 37.8. The third kappa shape index (κ3) is 8.98. The van der Waals surface area contributed by atoms with E-state index < -0.39 is 5.60 Å². The van der Waals surface area contributed by atoms with Gasteiger partial charge >= 0.3 is 0 Å². The third-order valence-corrected chi connectivity index (χ3v) is 19.1. The number of aliphatic imine (C=N–C) groups is 1. The zero-order valence-electron chi connectivity index (χ0n) is 39.4. The van der Waals surface area contributed by atoms with Crippen LogP contribution in [0.25, 0.3) is 10.8 Å². The number of rotatable bonds is 11. The highest BCUT2D eigenvalue weighted by atomic mass is 16.6. The molecule has 0 bridgehead atoms. The van der Waals surface area contributed by atoms with Crippen LogP contribution >= 0.6 is 0 Å². The van der Waals surface area contributed by atoms with E-state index in [0.29, 0.717) is 67.0 Å². The second-order valence-electron chi connectivity index (χ2n) is 23.2. The van der Waals surface area contributed by atoms with Crippen LogP contribution in [0, 0.1) is 64.1 Å². The van der Waals surface area contributed by atoms with Crippen molar-refractivity contribution in [3.05, 3.63) is 84.3 Å². The smallest absolute Gasteiger partial charge is 0.188 e. The number of allylic oxidation sites excluding steroid dienone is 1. The van der Waals surface area contributed by atoms with Crippen LogP contribution in [0.5, 0.6) is 0 Å². The lowest BCUT2D eigenvalue weighted by Gasteiger charge is -2.58. The molecule has 1 aromatic heterocycles. The van der Waals surface area contributed by atoms with Gasteiger partial charge in [-0.3, -0.25) is 4.99 Å². The minimum Gasteiger partial charge on any atom is -0.471 e. The van der Waals surface area contributed by atoms with Crippen LogP contribution in [-0.4, -0.2) is 63.9 Å². The van der Waals surface area contributed by atoms with Gasteiger partial charge < -0.3 is 35.5 Å². The van der Waals surface area contributed by atoms with Crippen molar-refractivity contribution in [2.45, 2.75) is 171 Å². The molecule has 10 rings (SSSR count). The first-order chi connectivity index (χ1) is 31.4. The van der Waals surface area contributed by atoms with E-state index in [-0.39, 0.29) is 47.0 Å². The first-order valence-corrected chi connectivity index (χ1v) is 25.8. The average molecular weight is 884 g/mol. The summed E-state index contributed by atoms with van der Waals surface area (Å²) in [7, 11) is 0. The van der Waals surface area contributed by atoms with E-state index in [1.807, 2.05) is 12.5 Å². The Morgan fingerprint density at radius 1 is 0.954 bits per heavy atom. The maximum absolute atomic E-state index is 11.4. The van der Waals surface area contributed by atoms with E-state index in [0.717, 1.165) is 81.4 Å². The fourth-order valence-electron chi connectivity index (χ4n) is 15.6. The Kier molecular flexibility index (Phi) is 12.6. The normalized spacial score (nSPS) is 41.7. The molecule has 8 heteroatoms. The fourth-order valence-corrected chi connectivity index (χ4v) is 15.6. The number of nitrogens with zero attached hydrogens (tertiary/aromatic N) is 1. The van der Waals surface area contributed by atoms with Crippen molar-refractivity contribution in [1.82, 2.24) is 5.32 Å². The van der Waals surface area contributed by atoms with E-state index in [1.165, 1.54) is 55.2 Å². The predicted octanol–water partition coefficient (Wildman–Crippen LogP) is 10.2. The van der Waals surface area contributed by atoms with E-state index in [2.05, 4.69) is 79.5 Å². The molecule has 3 heterocycles. The lowest BCUT2D eigenvalue weighted by Crippen LogP contribution is -2.51. The van der Waals surface area contributed by atoms with Crippen LogP contribution in [0.15, 0.2) is 82.6 Å². The maximum Gasteiger partial charge on any atom is 0.188 e. The molecule has 0 radical (unpaired) electrons. The number of epoxide rings is 1. The van der Waals surface area contributed by atoms with Crippen LogP contribution < -0.4 is 11.1 Å². The van der Waals surface area contributed by atoms with Crippen LogP contribution in [0.4, 0.5) is 0 Å². The largest absolute Gasteiger partial charge is 0.471 e. The molecule has 6 fully saturated rings. The number of fused-ring (bicyclic) bond motifs is 4. The van der Waals surface area contributed by atoms with Crippen molar-refractivity contribution in [3.63, 3.8) is 0 Å². The topological polar surface area (TPSA) is 137 Å². The van der Waals surface area contributed by atoms with Crippen LogP contribution in [0.3, 0.4) is 0 Å². The quantitative estimate of drug-likeness (QED) is 0.0735. The van der Waals surface area contributed by atoms with Gasteiger partial charge in [0.05, 0.1) is 42.5 Å². The molecule has 2 aromatic carbocycles. The van der Waals surface area contributed by atoms with Gasteiger partial charge in [0.25, 0.3) is 0 Å². The van der Waals surface area contributed by atoms with Gasteiger partial charge in [0, 0.05) is 53.5 Å². The highest BCUT2D eigenvalue weighted by Crippen LogP contribution is 2.69. The highest BCUT2D eigenvalue weighted by Gasteiger charge is 2.67. The first-order valence-electron chi connectivity index (χ1n) is 25.8. The second-order valence-corrected chi connectivity index (χ2v) is 23.2. The zero-order valence-corrected chi connectivity index (χ0v) is 39.4. The standard InChI is InChI=1S/C57H77N3O5/c1-37-30-56(24-19-39(31-56)20-25-57(63)22-9-16-44(62)32-57)52-55(3,65-52)23-21-50-47(37)33-54(50,2)43-28-41(15-10-26-61)46(29-43)51-18-8-13-40(27-38-11-5-4-6-12-38)48(34-59-53(58)60-51)45-17-7-14-42-35-64-36-49(42)45/h4-7,11-12,14,17,35-36,39-41,43-44,46-48,50-52,61-63H,1,9-10,15-16,18-34H2,2-3H3,(H3,58,59,60)/t39-,40-,41-,43+,44+,46-,47-,48+,50-,51-,52-,54-,55-,56-,57-/m1/s1. The Labute approximate surface area is 388 Å². The summed E-state index contributed by atoms with van der Waals surface area (Å²) in [6.07, 6.45) is 22.4. The molecule has 350 valence electrons. The molecule has 5 aliphatic carbocycles. The van der Waals surface area contributed by atoms with Gasteiger partial charge in [0.15, 0.2) is 5.96 Å². The molecule has 0 unspecified atom stereocenters. The van der Waals surface area contributed by atoms with Crippen LogP contribution in [0.1, 0.15) is 146 Å². The molecule has 0 amide bonds. The predicted molar refractivity (Wildman–Crippen MR) is 259 cm³/mol. The van der Waals surface area contributed by atoms with Gasteiger partial charge in [-0.15, -0.1) is 5.92 Å². The summed E-state index contributed by atoms with van der Waals surface area (Å²) >= 11 is 0. The molecule has 1 saturated heterocycles. The van der Waals surface area contributed by atoms with Gasteiger partial charge in [-0.2, -0.15) is 0 Å². The summed E-state index contributed by atoms with van der Waals surface area (Å²) < 4.78 is 12.5. The molecule has 5 saturated carbocycles. The molecule has 1 spiro atoms. The Hall–Kier alpha value is -3.61.